The van der Waals surface area contributed by atoms with Gasteiger partial charge >= 0.3 is 0 Å². The Morgan fingerprint density at radius 2 is 1.57 bits per heavy atom. The molecule has 21 heavy (non-hydrogen) atoms. The van der Waals surface area contributed by atoms with Crippen LogP contribution >= 0.6 is 0 Å². The van der Waals surface area contributed by atoms with Crippen LogP contribution in [-0.4, -0.2) is 12.9 Å². The lowest BCUT2D eigenvalue weighted by Gasteiger charge is -2.29. The van der Waals surface area contributed by atoms with Crippen molar-refractivity contribution in [2.24, 2.45) is 11.3 Å². The highest BCUT2D eigenvalue weighted by Gasteiger charge is 2.23. The van der Waals surface area contributed by atoms with Crippen molar-refractivity contribution < 1.29 is 9.47 Å². The summed E-state index contributed by atoms with van der Waals surface area (Å²) in [7, 11) is 0. The average molecular weight is 292 g/mol. The summed E-state index contributed by atoms with van der Waals surface area (Å²) in [5.41, 5.74) is 1.74. The molecule has 0 aromatic heterocycles. The molecule has 0 aliphatic heterocycles. The third kappa shape index (κ3) is 6.52. The van der Waals surface area contributed by atoms with E-state index >= 15 is 0 Å². The molecule has 0 fully saturated rings. The molecule has 0 radical (unpaired) electrons. The highest BCUT2D eigenvalue weighted by molar-refractivity contribution is 5.30. The summed E-state index contributed by atoms with van der Waals surface area (Å²) in [6.07, 6.45) is 0.997. The van der Waals surface area contributed by atoms with E-state index in [0.717, 1.165) is 5.75 Å². The van der Waals surface area contributed by atoms with Gasteiger partial charge in [-0.2, -0.15) is 0 Å². The van der Waals surface area contributed by atoms with Crippen molar-refractivity contribution in [3.8, 4) is 5.75 Å². The molecule has 1 aromatic rings. The zero-order valence-corrected chi connectivity index (χ0v) is 14.8. The second-order valence-corrected chi connectivity index (χ2v) is 7.33. The van der Waals surface area contributed by atoms with E-state index in [2.05, 4.69) is 58.9 Å². The topological polar surface area (TPSA) is 18.5 Å². The maximum atomic E-state index is 5.73. The highest BCUT2D eigenvalue weighted by Crippen LogP contribution is 2.36. The van der Waals surface area contributed by atoms with E-state index in [1.165, 1.54) is 12.0 Å². The summed E-state index contributed by atoms with van der Waals surface area (Å²) >= 11 is 0. The Labute approximate surface area is 130 Å². The normalized spacial score (nSPS) is 15.0. The van der Waals surface area contributed by atoms with Gasteiger partial charge in [0.05, 0.1) is 0 Å². The second kappa shape index (κ2) is 7.84. The van der Waals surface area contributed by atoms with Crippen molar-refractivity contribution in [3.63, 3.8) is 0 Å². The molecule has 2 heteroatoms. The van der Waals surface area contributed by atoms with Gasteiger partial charge in [0.25, 0.3) is 0 Å². The molecule has 0 heterocycles. The van der Waals surface area contributed by atoms with Crippen molar-refractivity contribution in [3.05, 3.63) is 29.8 Å². The molecule has 1 rings (SSSR count). The van der Waals surface area contributed by atoms with Crippen molar-refractivity contribution in [1.29, 1.82) is 0 Å². The molecule has 0 aliphatic carbocycles. The van der Waals surface area contributed by atoms with Crippen molar-refractivity contribution >= 4 is 0 Å². The minimum atomic E-state index is -0.198. The van der Waals surface area contributed by atoms with Crippen LogP contribution in [0.5, 0.6) is 5.75 Å². The van der Waals surface area contributed by atoms with Crippen LogP contribution in [0.15, 0.2) is 24.3 Å². The van der Waals surface area contributed by atoms with Crippen LogP contribution in [0.2, 0.25) is 0 Å². The van der Waals surface area contributed by atoms with Gasteiger partial charge in [0.1, 0.15) is 5.75 Å². The van der Waals surface area contributed by atoms with Crippen LogP contribution in [0, 0.1) is 11.3 Å². The van der Waals surface area contributed by atoms with E-state index in [9.17, 15) is 0 Å². The summed E-state index contributed by atoms with van der Waals surface area (Å²) in [4.78, 5) is 0. The van der Waals surface area contributed by atoms with Gasteiger partial charge in [-0.1, -0.05) is 46.8 Å². The highest BCUT2D eigenvalue weighted by atomic mass is 16.7. The Bertz CT molecular complexity index is 401. The monoisotopic (exact) mass is 292 g/mol. The summed E-state index contributed by atoms with van der Waals surface area (Å²) in [6, 6.07) is 8.51. The van der Waals surface area contributed by atoms with Gasteiger partial charge in [-0.15, -0.1) is 0 Å². The van der Waals surface area contributed by atoms with Crippen LogP contribution in [0.25, 0.3) is 0 Å². The van der Waals surface area contributed by atoms with Gasteiger partial charge in [-0.25, -0.2) is 0 Å². The lowest BCUT2D eigenvalue weighted by Crippen LogP contribution is -2.17. The maximum Gasteiger partial charge on any atom is 0.196 e. The van der Waals surface area contributed by atoms with Gasteiger partial charge in [0.2, 0.25) is 0 Å². The quantitative estimate of drug-likeness (QED) is 0.607. The molecule has 0 N–H and O–H groups in total. The minimum absolute atomic E-state index is 0.198. The third-order valence-electron chi connectivity index (χ3n) is 3.65. The molecule has 2 unspecified atom stereocenters. The number of benzene rings is 1. The molecule has 120 valence electrons. The van der Waals surface area contributed by atoms with Gasteiger partial charge in [-0.05, 0) is 55.2 Å². The number of hydrogen-bond donors (Lipinski definition) is 0. The smallest absolute Gasteiger partial charge is 0.196 e. The standard InChI is InChI=1S/C19H32O2/c1-8-20-15(4)21-17-11-9-16(10-12-17)18(14(2)3)13-19(5,6)7/h9-12,14-15,18H,8,13H2,1-7H3. The Kier molecular flexibility index (Phi) is 6.73. The largest absolute Gasteiger partial charge is 0.465 e. The molecule has 0 aliphatic rings. The molecule has 0 saturated heterocycles. The van der Waals surface area contributed by atoms with Crippen LogP contribution in [0.3, 0.4) is 0 Å². The van der Waals surface area contributed by atoms with E-state index in [1.807, 2.05) is 13.8 Å². The fourth-order valence-electron chi connectivity index (χ4n) is 2.65. The van der Waals surface area contributed by atoms with Gasteiger partial charge in [0, 0.05) is 6.61 Å². The number of hydrogen-bond acceptors (Lipinski definition) is 2. The predicted molar refractivity (Wildman–Crippen MR) is 89.8 cm³/mol. The maximum absolute atomic E-state index is 5.73. The van der Waals surface area contributed by atoms with E-state index in [1.54, 1.807) is 0 Å². The van der Waals surface area contributed by atoms with E-state index in [4.69, 9.17) is 9.47 Å². The minimum Gasteiger partial charge on any atom is -0.465 e. The lowest BCUT2D eigenvalue weighted by atomic mass is 9.76. The molecule has 2 atom stereocenters. The Balaban J connectivity index is 2.78. The molecule has 0 saturated carbocycles. The van der Waals surface area contributed by atoms with E-state index in [0.29, 0.717) is 23.9 Å². The summed E-state index contributed by atoms with van der Waals surface area (Å²) < 4.78 is 11.1. The molecular formula is C19H32O2. The number of rotatable bonds is 7. The fraction of sp³-hybridized carbons (Fsp3) is 0.684. The summed E-state index contributed by atoms with van der Waals surface area (Å²) in [5.74, 6) is 2.10. The summed E-state index contributed by atoms with van der Waals surface area (Å²) in [6.45, 7) is 16.1. The Morgan fingerprint density at radius 1 is 1.00 bits per heavy atom. The molecule has 2 nitrogen and oxygen atoms in total. The fourth-order valence-corrected chi connectivity index (χ4v) is 2.65. The van der Waals surface area contributed by atoms with Crippen LogP contribution in [-0.2, 0) is 4.74 Å². The second-order valence-electron chi connectivity index (χ2n) is 7.33. The van der Waals surface area contributed by atoms with Gasteiger partial charge in [-0.3, -0.25) is 0 Å². The Hall–Kier alpha value is -1.02. The predicted octanol–water partition coefficient (Wildman–Crippen LogP) is 5.62. The molecule has 0 bridgehead atoms. The first-order valence-corrected chi connectivity index (χ1v) is 8.11. The van der Waals surface area contributed by atoms with Crippen LogP contribution < -0.4 is 4.74 Å². The first-order valence-electron chi connectivity index (χ1n) is 8.11. The molecule has 1 aromatic carbocycles. The van der Waals surface area contributed by atoms with Crippen molar-refractivity contribution in [2.75, 3.05) is 6.61 Å². The summed E-state index contributed by atoms with van der Waals surface area (Å²) in [5, 5.41) is 0. The number of ether oxygens (including phenoxy) is 2. The first-order chi connectivity index (χ1) is 9.73. The van der Waals surface area contributed by atoms with E-state index in [-0.39, 0.29) is 6.29 Å². The lowest BCUT2D eigenvalue weighted by molar-refractivity contribution is -0.0613. The van der Waals surface area contributed by atoms with E-state index < -0.39 is 0 Å². The van der Waals surface area contributed by atoms with Gasteiger partial charge in [0.15, 0.2) is 6.29 Å². The van der Waals surface area contributed by atoms with Crippen molar-refractivity contribution in [2.45, 2.75) is 67.1 Å². The molecule has 0 spiro atoms. The van der Waals surface area contributed by atoms with Crippen LogP contribution in [0.4, 0.5) is 0 Å². The average Bonchev–Trinajstić information content (AvgIpc) is 2.36. The molecule has 0 amide bonds. The third-order valence-corrected chi connectivity index (χ3v) is 3.65. The molecular weight excluding hydrogens is 260 g/mol. The zero-order valence-electron chi connectivity index (χ0n) is 14.8. The van der Waals surface area contributed by atoms with Crippen molar-refractivity contribution in [1.82, 2.24) is 0 Å². The van der Waals surface area contributed by atoms with Gasteiger partial charge < -0.3 is 9.47 Å². The first kappa shape index (κ1) is 18.0. The SMILES string of the molecule is CCOC(C)Oc1ccc(C(CC(C)(C)C)C(C)C)cc1. The Morgan fingerprint density at radius 3 is 2.00 bits per heavy atom. The zero-order chi connectivity index (χ0) is 16.0. The van der Waals surface area contributed by atoms with Crippen LogP contribution in [0.1, 0.15) is 66.4 Å².